The van der Waals surface area contributed by atoms with Crippen LogP contribution >= 0.6 is 11.6 Å². The number of halogens is 1. The Balaban J connectivity index is 1.55. The van der Waals surface area contributed by atoms with Gasteiger partial charge >= 0.3 is 0 Å². The van der Waals surface area contributed by atoms with Gasteiger partial charge in [0.05, 0.1) is 0 Å². The molecule has 23 heavy (non-hydrogen) atoms. The van der Waals surface area contributed by atoms with Gasteiger partial charge in [0.25, 0.3) is 0 Å². The third-order valence-corrected chi connectivity index (χ3v) is 4.19. The molecule has 0 spiro atoms. The topological polar surface area (TPSA) is 36.7 Å². The Kier molecular flexibility index (Phi) is 4.72. The number of anilines is 1. The fourth-order valence-corrected chi connectivity index (χ4v) is 2.76. The molecule has 1 aliphatic rings. The van der Waals surface area contributed by atoms with Crippen molar-refractivity contribution in [1.29, 1.82) is 0 Å². The lowest BCUT2D eigenvalue weighted by Gasteiger charge is -2.35. The van der Waals surface area contributed by atoms with Gasteiger partial charge < -0.3 is 14.2 Å². The zero-order valence-corrected chi connectivity index (χ0v) is 13.8. The van der Waals surface area contributed by atoms with Crippen LogP contribution < -0.4 is 4.90 Å². The molecular weight excluding hydrogens is 312 g/mol. The van der Waals surface area contributed by atoms with E-state index in [2.05, 4.69) is 4.90 Å². The molecule has 1 amide bonds. The van der Waals surface area contributed by atoms with Crippen molar-refractivity contribution < 1.29 is 9.21 Å². The van der Waals surface area contributed by atoms with Gasteiger partial charge in [0.2, 0.25) is 5.91 Å². The number of carbonyl (C=O) groups excluding carboxylic acids is 1. The van der Waals surface area contributed by atoms with Gasteiger partial charge in [0.1, 0.15) is 11.5 Å². The average Bonchev–Trinajstić information content (AvgIpc) is 2.99. The molecule has 120 valence electrons. The minimum absolute atomic E-state index is 0.0230. The number of carbonyl (C=O) groups is 1. The van der Waals surface area contributed by atoms with Gasteiger partial charge in [-0.25, -0.2) is 0 Å². The third kappa shape index (κ3) is 3.96. The van der Waals surface area contributed by atoms with Crippen LogP contribution in [0.2, 0.25) is 5.02 Å². The number of hydrogen-bond acceptors (Lipinski definition) is 3. The molecule has 2 aromatic rings. The van der Waals surface area contributed by atoms with Crippen LogP contribution in [0.5, 0.6) is 0 Å². The van der Waals surface area contributed by atoms with Crippen LogP contribution in [0.4, 0.5) is 5.69 Å². The second-order valence-corrected chi connectivity index (χ2v) is 6.01. The van der Waals surface area contributed by atoms with Crippen molar-refractivity contribution in [2.45, 2.75) is 6.92 Å². The maximum Gasteiger partial charge on any atom is 0.246 e. The van der Waals surface area contributed by atoms with Crippen molar-refractivity contribution in [3.05, 3.63) is 59.0 Å². The van der Waals surface area contributed by atoms with Gasteiger partial charge in [-0.05, 0) is 49.4 Å². The van der Waals surface area contributed by atoms with E-state index in [-0.39, 0.29) is 5.91 Å². The molecule has 2 heterocycles. The molecule has 0 aliphatic carbocycles. The van der Waals surface area contributed by atoms with Crippen molar-refractivity contribution >= 4 is 29.3 Å². The quantitative estimate of drug-likeness (QED) is 0.807. The summed E-state index contributed by atoms with van der Waals surface area (Å²) in [5.41, 5.74) is 1.14. The van der Waals surface area contributed by atoms with Crippen LogP contribution in [-0.4, -0.2) is 37.0 Å². The maximum absolute atomic E-state index is 12.2. The highest BCUT2D eigenvalue weighted by molar-refractivity contribution is 6.30. The maximum atomic E-state index is 12.2. The van der Waals surface area contributed by atoms with Gasteiger partial charge in [0.15, 0.2) is 0 Å². The predicted molar refractivity (Wildman–Crippen MR) is 92.7 cm³/mol. The molecule has 0 bridgehead atoms. The summed E-state index contributed by atoms with van der Waals surface area (Å²) in [5, 5.41) is 0.737. The molecule has 1 aromatic carbocycles. The van der Waals surface area contributed by atoms with Crippen molar-refractivity contribution in [3.63, 3.8) is 0 Å². The smallest absolute Gasteiger partial charge is 0.246 e. The number of aryl methyl sites for hydroxylation is 1. The molecule has 1 aliphatic heterocycles. The molecular formula is C18H19ClN2O2. The van der Waals surface area contributed by atoms with E-state index in [4.69, 9.17) is 16.0 Å². The molecule has 0 atom stereocenters. The summed E-state index contributed by atoms with van der Waals surface area (Å²) in [6, 6.07) is 11.6. The molecule has 1 saturated heterocycles. The standard InChI is InChI=1S/C18H19ClN2O2/c1-14-2-7-17(23-14)8-9-18(22)21-12-10-20(11-13-21)16-5-3-15(19)4-6-16/h2-9H,10-13H2,1H3. The zero-order valence-electron chi connectivity index (χ0n) is 13.0. The first-order valence-electron chi connectivity index (χ1n) is 7.66. The largest absolute Gasteiger partial charge is 0.462 e. The van der Waals surface area contributed by atoms with E-state index >= 15 is 0 Å². The van der Waals surface area contributed by atoms with Crippen LogP contribution in [0, 0.1) is 6.92 Å². The minimum atomic E-state index is 0.0230. The number of piperazine rings is 1. The molecule has 5 heteroatoms. The van der Waals surface area contributed by atoms with Crippen LogP contribution in [-0.2, 0) is 4.79 Å². The highest BCUT2D eigenvalue weighted by Crippen LogP contribution is 2.19. The Hall–Kier alpha value is -2.20. The van der Waals surface area contributed by atoms with Crippen LogP contribution in [0.1, 0.15) is 11.5 Å². The summed E-state index contributed by atoms with van der Waals surface area (Å²) in [6.45, 7) is 4.95. The van der Waals surface area contributed by atoms with E-state index in [1.165, 1.54) is 0 Å². The second kappa shape index (κ2) is 6.92. The summed E-state index contributed by atoms with van der Waals surface area (Å²) in [7, 11) is 0. The molecule has 1 fully saturated rings. The Labute approximate surface area is 140 Å². The molecule has 1 aromatic heterocycles. The monoisotopic (exact) mass is 330 g/mol. The van der Waals surface area contributed by atoms with Crippen LogP contribution in [0.25, 0.3) is 6.08 Å². The molecule has 3 rings (SSSR count). The number of furan rings is 1. The van der Waals surface area contributed by atoms with E-state index in [9.17, 15) is 4.79 Å². The molecule has 0 radical (unpaired) electrons. The van der Waals surface area contributed by atoms with Crippen molar-refractivity contribution in [3.8, 4) is 0 Å². The summed E-state index contributed by atoms with van der Waals surface area (Å²) in [5.74, 6) is 1.57. The lowest BCUT2D eigenvalue weighted by Crippen LogP contribution is -2.48. The van der Waals surface area contributed by atoms with Gasteiger partial charge in [-0.15, -0.1) is 0 Å². The lowest BCUT2D eigenvalue weighted by molar-refractivity contribution is -0.126. The van der Waals surface area contributed by atoms with E-state index in [1.54, 1.807) is 12.2 Å². The second-order valence-electron chi connectivity index (χ2n) is 5.57. The molecule has 4 nitrogen and oxygen atoms in total. The Morgan fingerprint density at radius 1 is 1.09 bits per heavy atom. The highest BCUT2D eigenvalue weighted by Gasteiger charge is 2.19. The highest BCUT2D eigenvalue weighted by atomic mass is 35.5. The SMILES string of the molecule is Cc1ccc(C=CC(=O)N2CCN(c3ccc(Cl)cc3)CC2)o1. The Bertz CT molecular complexity index is 698. The normalized spacial score (nSPS) is 15.4. The third-order valence-electron chi connectivity index (χ3n) is 3.93. The predicted octanol–water partition coefficient (Wildman–Crippen LogP) is 3.60. The van der Waals surface area contributed by atoms with E-state index in [1.807, 2.05) is 48.2 Å². The van der Waals surface area contributed by atoms with Crippen molar-refractivity contribution in [2.24, 2.45) is 0 Å². The summed E-state index contributed by atoms with van der Waals surface area (Å²) in [6.07, 6.45) is 3.30. The first-order chi connectivity index (χ1) is 11.1. The van der Waals surface area contributed by atoms with Crippen molar-refractivity contribution in [1.82, 2.24) is 4.90 Å². The zero-order chi connectivity index (χ0) is 16.2. The fraction of sp³-hybridized carbons (Fsp3) is 0.278. The lowest BCUT2D eigenvalue weighted by atomic mass is 10.2. The summed E-state index contributed by atoms with van der Waals surface area (Å²) < 4.78 is 5.43. The number of hydrogen-bond donors (Lipinski definition) is 0. The molecule has 0 saturated carbocycles. The summed E-state index contributed by atoms with van der Waals surface area (Å²) in [4.78, 5) is 16.4. The molecule has 0 N–H and O–H groups in total. The summed E-state index contributed by atoms with van der Waals surface area (Å²) >= 11 is 5.92. The van der Waals surface area contributed by atoms with E-state index < -0.39 is 0 Å². The van der Waals surface area contributed by atoms with Crippen molar-refractivity contribution in [2.75, 3.05) is 31.1 Å². The average molecular weight is 331 g/mol. The fourth-order valence-electron chi connectivity index (χ4n) is 2.64. The number of amides is 1. The minimum Gasteiger partial charge on any atom is -0.462 e. The Morgan fingerprint density at radius 2 is 1.78 bits per heavy atom. The van der Waals surface area contributed by atoms with Gasteiger partial charge in [-0.2, -0.15) is 0 Å². The molecule has 0 unspecified atom stereocenters. The van der Waals surface area contributed by atoms with Gasteiger partial charge in [-0.3, -0.25) is 4.79 Å². The van der Waals surface area contributed by atoms with Gasteiger partial charge in [-0.1, -0.05) is 11.6 Å². The number of rotatable bonds is 3. The van der Waals surface area contributed by atoms with Crippen LogP contribution in [0.3, 0.4) is 0 Å². The van der Waals surface area contributed by atoms with Crippen LogP contribution in [0.15, 0.2) is 46.9 Å². The first-order valence-corrected chi connectivity index (χ1v) is 8.03. The number of nitrogens with zero attached hydrogens (tertiary/aromatic N) is 2. The number of benzene rings is 1. The van der Waals surface area contributed by atoms with Gasteiger partial charge in [0, 0.05) is 43.0 Å². The first kappa shape index (κ1) is 15.7. The Morgan fingerprint density at radius 3 is 2.39 bits per heavy atom. The van der Waals surface area contributed by atoms with E-state index in [0.29, 0.717) is 18.8 Å². The van der Waals surface area contributed by atoms with E-state index in [0.717, 1.165) is 29.6 Å².